The van der Waals surface area contributed by atoms with E-state index < -0.39 is 35.2 Å². The highest BCUT2D eigenvalue weighted by Crippen LogP contribution is 2.36. The molecular weight excluding hydrogens is 562 g/mol. The summed E-state index contributed by atoms with van der Waals surface area (Å²) >= 11 is 0. The SMILES string of the molecule is CNCCC(CCc1cc(-c2ccncc2)n(-c2cc(F)c(F)c(F)c2)n1)N(C=O)c1ccc(C(F)(F)F)cc1NC. The highest BCUT2D eigenvalue weighted by Gasteiger charge is 2.32. The Kier molecular flexibility index (Phi) is 9.51. The summed E-state index contributed by atoms with van der Waals surface area (Å²) in [5.74, 6) is -4.33. The van der Waals surface area contributed by atoms with Crippen LogP contribution < -0.4 is 15.5 Å². The molecule has 1 unspecified atom stereocenters. The summed E-state index contributed by atoms with van der Waals surface area (Å²) in [5, 5.41) is 10.3. The van der Waals surface area contributed by atoms with Crippen molar-refractivity contribution in [3.05, 3.63) is 89.6 Å². The molecule has 2 N–H and O–H groups in total. The molecule has 0 aliphatic rings. The van der Waals surface area contributed by atoms with Gasteiger partial charge in [0.05, 0.1) is 34.0 Å². The van der Waals surface area contributed by atoms with Crippen LogP contribution in [0.25, 0.3) is 16.9 Å². The van der Waals surface area contributed by atoms with Gasteiger partial charge in [-0.1, -0.05) is 0 Å². The Labute approximate surface area is 238 Å². The number of nitrogens with one attached hydrogen (secondary N) is 2. The lowest BCUT2D eigenvalue weighted by Crippen LogP contribution is -2.37. The number of benzene rings is 2. The summed E-state index contributed by atoms with van der Waals surface area (Å²) in [6.07, 6.45) is 0.216. The van der Waals surface area contributed by atoms with Crippen molar-refractivity contribution in [3.8, 4) is 16.9 Å². The van der Waals surface area contributed by atoms with Crippen LogP contribution in [0.1, 0.15) is 24.1 Å². The van der Waals surface area contributed by atoms with E-state index in [1.807, 2.05) is 0 Å². The molecule has 0 saturated heterocycles. The first-order valence-electron chi connectivity index (χ1n) is 13.0. The smallest absolute Gasteiger partial charge is 0.386 e. The van der Waals surface area contributed by atoms with Crippen molar-refractivity contribution in [1.29, 1.82) is 0 Å². The Morgan fingerprint density at radius 2 is 1.67 bits per heavy atom. The van der Waals surface area contributed by atoms with Gasteiger partial charge in [-0.05, 0) is 69.3 Å². The molecule has 1 amide bonds. The van der Waals surface area contributed by atoms with Gasteiger partial charge in [0.2, 0.25) is 6.41 Å². The van der Waals surface area contributed by atoms with Crippen molar-refractivity contribution in [3.63, 3.8) is 0 Å². The molecule has 1 atom stereocenters. The van der Waals surface area contributed by atoms with E-state index in [9.17, 15) is 31.1 Å². The summed E-state index contributed by atoms with van der Waals surface area (Å²) in [7, 11) is 3.21. The molecule has 7 nitrogen and oxygen atoms in total. The maximum absolute atomic E-state index is 14.1. The fourth-order valence-corrected chi connectivity index (χ4v) is 4.67. The zero-order valence-corrected chi connectivity index (χ0v) is 22.7. The third kappa shape index (κ3) is 6.73. The molecule has 0 aliphatic carbocycles. The molecule has 222 valence electrons. The molecule has 0 saturated carbocycles. The molecule has 2 aromatic carbocycles. The van der Waals surface area contributed by atoms with Crippen molar-refractivity contribution in [2.24, 2.45) is 0 Å². The topological polar surface area (TPSA) is 75.1 Å². The van der Waals surface area contributed by atoms with E-state index in [2.05, 4.69) is 20.7 Å². The van der Waals surface area contributed by atoms with Gasteiger partial charge in [0, 0.05) is 43.2 Å². The second kappa shape index (κ2) is 13.1. The summed E-state index contributed by atoms with van der Waals surface area (Å²) in [6, 6.07) is 9.43. The zero-order chi connectivity index (χ0) is 30.4. The number of hydrogen-bond acceptors (Lipinski definition) is 5. The summed E-state index contributed by atoms with van der Waals surface area (Å²) in [6.45, 7) is 0.509. The summed E-state index contributed by atoms with van der Waals surface area (Å²) in [4.78, 5) is 17.7. The summed E-state index contributed by atoms with van der Waals surface area (Å²) in [5.41, 5.74) is 1.15. The Morgan fingerprint density at radius 1 is 0.976 bits per heavy atom. The number of carbonyl (C=O) groups is 1. The van der Waals surface area contributed by atoms with Gasteiger partial charge < -0.3 is 15.5 Å². The van der Waals surface area contributed by atoms with Gasteiger partial charge in [-0.2, -0.15) is 18.3 Å². The van der Waals surface area contributed by atoms with Gasteiger partial charge >= 0.3 is 6.18 Å². The lowest BCUT2D eigenvalue weighted by atomic mass is 10.0. The number of halogens is 6. The third-order valence-corrected chi connectivity index (χ3v) is 6.79. The maximum Gasteiger partial charge on any atom is 0.416 e. The number of amides is 1. The van der Waals surface area contributed by atoms with Crippen LogP contribution in [0.5, 0.6) is 0 Å². The minimum absolute atomic E-state index is 0.0332. The molecule has 13 heteroatoms. The van der Waals surface area contributed by atoms with E-state index in [1.54, 1.807) is 25.2 Å². The fraction of sp³-hybridized carbons (Fsp3) is 0.276. The molecule has 2 heterocycles. The normalized spacial score (nSPS) is 12.3. The van der Waals surface area contributed by atoms with Crippen molar-refractivity contribution in [2.75, 3.05) is 30.9 Å². The van der Waals surface area contributed by atoms with E-state index >= 15 is 0 Å². The Bertz CT molecular complexity index is 1500. The number of alkyl halides is 3. The fourth-order valence-electron chi connectivity index (χ4n) is 4.67. The monoisotopic (exact) mass is 590 g/mol. The molecule has 0 fully saturated rings. The summed E-state index contributed by atoms with van der Waals surface area (Å²) < 4.78 is 83.1. The molecular formula is C29H28F6N6O. The van der Waals surface area contributed by atoms with Crippen molar-refractivity contribution in [2.45, 2.75) is 31.5 Å². The highest BCUT2D eigenvalue weighted by atomic mass is 19.4. The van der Waals surface area contributed by atoms with Crippen LogP contribution in [0.2, 0.25) is 0 Å². The van der Waals surface area contributed by atoms with E-state index in [-0.39, 0.29) is 17.1 Å². The second-order valence-electron chi connectivity index (χ2n) is 9.47. The lowest BCUT2D eigenvalue weighted by molar-refractivity contribution is -0.137. The van der Waals surface area contributed by atoms with Gasteiger partial charge in [-0.3, -0.25) is 9.78 Å². The first kappa shape index (κ1) is 30.6. The van der Waals surface area contributed by atoms with Gasteiger partial charge in [0.15, 0.2) is 17.5 Å². The Balaban J connectivity index is 1.68. The van der Waals surface area contributed by atoms with Crippen LogP contribution >= 0.6 is 0 Å². The lowest BCUT2D eigenvalue weighted by Gasteiger charge is -2.30. The van der Waals surface area contributed by atoms with Crippen LogP contribution in [-0.2, 0) is 17.4 Å². The quantitative estimate of drug-likeness (QED) is 0.121. The van der Waals surface area contributed by atoms with Crippen LogP contribution in [0, 0.1) is 17.5 Å². The number of anilines is 2. The third-order valence-electron chi connectivity index (χ3n) is 6.79. The molecule has 4 rings (SSSR count). The number of hydrogen-bond donors (Lipinski definition) is 2. The molecule has 2 aromatic heterocycles. The van der Waals surface area contributed by atoms with E-state index in [4.69, 9.17) is 0 Å². The number of pyridine rings is 1. The average molecular weight is 591 g/mol. The minimum atomic E-state index is -4.55. The van der Waals surface area contributed by atoms with E-state index in [0.29, 0.717) is 49.2 Å². The molecule has 42 heavy (non-hydrogen) atoms. The molecule has 4 aromatic rings. The van der Waals surface area contributed by atoms with E-state index in [0.717, 1.165) is 24.3 Å². The highest BCUT2D eigenvalue weighted by molar-refractivity contribution is 5.84. The van der Waals surface area contributed by atoms with Gasteiger partial charge in [-0.25, -0.2) is 17.9 Å². The Morgan fingerprint density at radius 3 is 2.26 bits per heavy atom. The first-order valence-corrected chi connectivity index (χ1v) is 13.0. The van der Waals surface area contributed by atoms with E-state index in [1.165, 1.54) is 35.1 Å². The van der Waals surface area contributed by atoms with Crippen LogP contribution in [0.3, 0.4) is 0 Å². The average Bonchev–Trinajstić information content (AvgIpc) is 3.41. The second-order valence-corrected chi connectivity index (χ2v) is 9.47. The van der Waals surface area contributed by atoms with Gasteiger partial charge in [0.1, 0.15) is 0 Å². The maximum atomic E-state index is 14.1. The predicted molar refractivity (Wildman–Crippen MR) is 147 cm³/mol. The molecule has 0 spiro atoms. The van der Waals surface area contributed by atoms with Crippen molar-refractivity contribution in [1.82, 2.24) is 20.1 Å². The largest absolute Gasteiger partial charge is 0.416 e. The number of aromatic nitrogens is 3. The number of aryl methyl sites for hydroxylation is 1. The molecule has 0 aliphatic heterocycles. The molecule has 0 radical (unpaired) electrons. The number of rotatable bonds is 12. The number of carbonyl (C=O) groups excluding carboxylic acids is 1. The van der Waals surface area contributed by atoms with Crippen LogP contribution in [-0.4, -0.2) is 47.9 Å². The number of nitrogens with zero attached hydrogens (tertiary/aromatic N) is 4. The molecule has 0 bridgehead atoms. The Hall–Kier alpha value is -4.39. The first-order chi connectivity index (χ1) is 20.1. The van der Waals surface area contributed by atoms with Crippen LogP contribution in [0.4, 0.5) is 37.7 Å². The predicted octanol–water partition coefficient (Wildman–Crippen LogP) is 5.99. The minimum Gasteiger partial charge on any atom is -0.386 e. The zero-order valence-electron chi connectivity index (χ0n) is 22.7. The van der Waals surface area contributed by atoms with Crippen LogP contribution in [0.15, 0.2) is 60.9 Å². The van der Waals surface area contributed by atoms with Crippen molar-refractivity contribution < 1.29 is 31.1 Å². The van der Waals surface area contributed by atoms with Gasteiger partial charge in [-0.15, -0.1) is 0 Å². The van der Waals surface area contributed by atoms with Crippen molar-refractivity contribution >= 4 is 17.8 Å². The standard InChI is InChI=1S/C29H28F6N6O/c1-36-10-9-21(40(17-42)26-6-3-19(29(33,34)35)13-25(26)37-2)5-4-20-14-27(18-7-11-38-12-8-18)41(39-20)22-15-23(30)28(32)24(31)16-22/h3,6-8,11-17,21,36-37H,4-5,9-10H2,1-2H3. The van der Waals surface area contributed by atoms with Gasteiger partial charge in [0.25, 0.3) is 0 Å².